The first-order valence-electron chi connectivity index (χ1n) is 5.80. The molecule has 1 atom stereocenters. The van der Waals surface area contributed by atoms with Crippen LogP contribution in [-0.2, 0) is 0 Å². The van der Waals surface area contributed by atoms with Gasteiger partial charge in [0.25, 0.3) is 0 Å². The molecule has 1 aliphatic rings. The van der Waals surface area contributed by atoms with Crippen molar-refractivity contribution in [2.75, 3.05) is 13.1 Å². The number of nitrogens with one attached hydrogen (secondary N) is 1. The summed E-state index contributed by atoms with van der Waals surface area (Å²) in [7, 11) is 0. The highest BCUT2D eigenvalue weighted by Gasteiger charge is 2.24. The van der Waals surface area contributed by atoms with Gasteiger partial charge in [0.2, 0.25) is 0 Å². The number of nitrogens with zero attached hydrogens (tertiary/aromatic N) is 2. The van der Waals surface area contributed by atoms with Crippen LogP contribution in [0.25, 0.3) is 0 Å². The molecular weight excluding hydrogens is 220 g/mol. The smallest absolute Gasteiger partial charge is 0.102 e. The molecule has 16 heavy (non-hydrogen) atoms. The second kappa shape index (κ2) is 5.41. The van der Waals surface area contributed by atoms with Crippen molar-refractivity contribution in [3.8, 4) is 0 Å². The summed E-state index contributed by atoms with van der Waals surface area (Å²) in [6.07, 6.45) is 8.57. The van der Waals surface area contributed by atoms with Crippen LogP contribution in [0.5, 0.6) is 0 Å². The van der Waals surface area contributed by atoms with Crippen molar-refractivity contribution in [2.45, 2.75) is 31.7 Å². The van der Waals surface area contributed by atoms with Crippen molar-refractivity contribution >= 4 is 17.2 Å². The number of likely N-dealkylation sites (tertiary alicyclic amines) is 1. The van der Waals surface area contributed by atoms with Gasteiger partial charge in [0.1, 0.15) is 6.04 Å². The van der Waals surface area contributed by atoms with Crippen LogP contribution < -0.4 is 5.73 Å². The van der Waals surface area contributed by atoms with Crippen molar-refractivity contribution in [2.24, 2.45) is 5.73 Å². The molecule has 0 aliphatic carbocycles. The summed E-state index contributed by atoms with van der Waals surface area (Å²) >= 11 is 5.18. The van der Waals surface area contributed by atoms with Gasteiger partial charge in [-0.05, 0) is 25.9 Å². The third-order valence-corrected chi connectivity index (χ3v) is 3.31. The van der Waals surface area contributed by atoms with E-state index in [9.17, 15) is 0 Å². The Bertz CT molecular complexity index is 328. The van der Waals surface area contributed by atoms with Gasteiger partial charge in [-0.3, -0.25) is 4.90 Å². The van der Waals surface area contributed by atoms with E-state index in [0.717, 1.165) is 18.8 Å². The minimum absolute atomic E-state index is 0.0237. The minimum Gasteiger partial charge on any atom is -0.392 e. The van der Waals surface area contributed by atoms with Gasteiger partial charge in [0.05, 0.1) is 17.0 Å². The maximum absolute atomic E-state index is 5.85. The van der Waals surface area contributed by atoms with Gasteiger partial charge >= 0.3 is 0 Å². The second-order valence-corrected chi connectivity index (χ2v) is 4.73. The molecule has 3 N–H and O–H groups in total. The Morgan fingerprint density at radius 1 is 1.38 bits per heavy atom. The molecule has 1 aliphatic heterocycles. The molecule has 2 rings (SSSR count). The Kier molecular flexibility index (Phi) is 3.90. The normalized spacial score (nSPS) is 20.2. The third kappa shape index (κ3) is 2.59. The summed E-state index contributed by atoms with van der Waals surface area (Å²) in [4.78, 5) is 10.1. The van der Waals surface area contributed by atoms with Crippen molar-refractivity contribution < 1.29 is 0 Å². The van der Waals surface area contributed by atoms with E-state index in [2.05, 4.69) is 14.9 Å². The zero-order chi connectivity index (χ0) is 11.4. The third-order valence-electron chi connectivity index (χ3n) is 3.09. The number of nitrogens with two attached hydrogens (primary N) is 1. The van der Waals surface area contributed by atoms with Crippen LogP contribution >= 0.6 is 12.2 Å². The van der Waals surface area contributed by atoms with Crippen molar-refractivity contribution in [1.29, 1.82) is 0 Å². The number of rotatable bonds is 3. The maximum atomic E-state index is 5.85. The van der Waals surface area contributed by atoms with E-state index in [0.29, 0.717) is 4.99 Å². The lowest BCUT2D eigenvalue weighted by Gasteiger charge is -2.28. The lowest BCUT2D eigenvalue weighted by molar-refractivity contribution is 0.251. The van der Waals surface area contributed by atoms with Crippen molar-refractivity contribution in [3.05, 3.63) is 18.2 Å². The summed E-state index contributed by atoms with van der Waals surface area (Å²) < 4.78 is 0. The van der Waals surface area contributed by atoms with Crippen LogP contribution in [0.1, 0.15) is 37.4 Å². The minimum atomic E-state index is 0.0237. The highest BCUT2D eigenvalue weighted by atomic mass is 32.1. The first kappa shape index (κ1) is 11.5. The molecule has 1 aromatic rings. The monoisotopic (exact) mass is 238 g/mol. The fourth-order valence-electron chi connectivity index (χ4n) is 2.30. The molecule has 0 spiro atoms. The Hall–Kier alpha value is -0.940. The van der Waals surface area contributed by atoms with Gasteiger partial charge in [-0.25, -0.2) is 4.98 Å². The van der Waals surface area contributed by atoms with E-state index in [-0.39, 0.29) is 6.04 Å². The van der Waals surface area contributed by atoms with Crippen LogP contribution in [0.4, 0.5) is 0 Å². The van der Waals surface area contributed by atoms with E-state index < -0.39 is 0 Å². The molecule has 1 saturated heterocycles. The maximum Gasteiger partial charge on any atom is 0.102 e. The molecule has 0 amide bonds. The Morgan fingerprint density at radius 3 is 2.56 bits per heavy atom. The molecule has 1 aromatic heterocycles. The van der Waals surface area contributed by atoms with E-state index in [1.807, 2.05) is 6.20 Å². The average molecular weight is 238 g/mol. The van der Waals surface area contributed by atoms with E-state index in [1.165, 1.54) is 25.7 Å². The van der Waals surface area contributed by atoms with E-state index in [1.54, 1.807) is 6.33 Å². The molecule has 2 heterocycles. The van der Waals surface area contributed by atoms with Gasteiger partial charge in [0, 0.05) is 6.20 Å². The number of aromatic nitrogens is 2. The van der Waals surface area contributed by atoms with Gasteiger partial charge in [-0.15, -0.1) is 0 Å². The van der Waals surface area contributed by atoms with E-state index in [4.69, 9.17) is 18.0 Å². The summed E-state index contributed by atoms with van der Waals surface area (Å²) in [5.74, 6) is 0. The topological polar surface area (TPSA) is 57.9 Å². The van der Waals surface area contributed by atoms with Gasteiger partial charge in [-0.2, -0.15) is 0 Å². The highest BCUT2D eigenvalue weighted by Crippen LogP contribution is 2.22. The zero-order valence-electron chi connectivity index (χ0n) is 9.35. The van der Waals surface area contributed by atoms with Crippen molar-refractivity contribution in [3.63, 3.8) is 0 Å². The predicted octanol–water partition coefficient (Wildman–Crippen LogP) is 1.61. The fraction of sp³-hybridized carbons (Fsp3) is 0.636. The van der Waals surface area contributed by atoms with Crippen molar-refractivity contribution in [1.82, 2.24) is 14.9 Å². The summed E-state index contributed by atoms with van der Waals surface area (Å²) in [6.45, 7) is 2.14. The molecule has 88 valence electrons. The molecule has 0 radical (unpaired) electrons. The number of aromatic amines is 1. The number of thiocarbonyl (C=S) groups is 1. The number of hydrogen-bond donors (Lipinski definition) is 2. The predicted molar refractivity (Wildman–Crippen MR) is 68.2 cm³/mol. The molecule has 5 heteroatoms. The zero-order valence-corrected chi connectivity index (χ0v) is 10.2. The molecule has 0 aromatic carbocycles. The van der Waals surface area contributed by atoms with Crippen LogP contribution in [0, 0.1) is 0 Å². The Labute approximate surface area is 101 Å². The van der Waals surface area contributed by atoms with Gasteiger partial charge < -0.3 is 10.7 Å². The fourth-order valence-corrected chi connectivity index (χ4v) is 2.58. The largest absolute Gasteiger partial charge is 0.392 e. The molecule has 0 saturated carbocycles. The first-order valence-corrected chi connectivity index (χ1v) is 6.21. The SMILES string of the molecule is NC(=S)C(c1cnc[nH]1)N1CCCCCC1. The Balaban J connectivity index is 2.15. The van der Waals surface area contributed by atoms with Crippen LogP contribution in [-0.4, -0.2) is 32.9 Å². The number of H-pyrrole nitrogens is 1. The lowest BCUT2D eigenvalue weighted by atomic mass is 10.1. The van der Waals surface area contributed by atoms with Gasteiger partial charge in [-0.1, -0.05) is 25.1 Å². The first-order chi connectivity index (χ1) is 7.79. The lowest BCUT2D eigenvalue weighted by Crippen LogP contribution is -2.37. The second-order valence-electron chi connectivity index (χ2n) is 4.26. The molecule has 1 unspecified atom stereocenters. The summed E-state index contributed by atoms with van der Waals surface area (Å²) in [5.41, 5.74) is 6.86. The quantitative estimate of drug-likeness (QED) is 0.786. The molecule has 4 nitrogen and oxygen atoms in total. The molecule has 0 bridgehead atoms. The standard InChI is InChI=1S/C11H18N4S/c12-11(16)10(9-7-13-8-14-9)15-5-3-1-2-4-6-15/h7-8,10H,1-6H2,(H2,12,16)(H,13,14). The number of hydrogen-bond acceptors (Lipinski definition) is 3. The molecule has 1 fully saturated rings. The average Bonchev–Trinajstić information content (AvgIpc) is 2.62. The van der Waals surface area contributed by atoms with Crippen LogP contribution in [0.2, 0.25) is 0 Å². The van der Waals surface area contributed by atoms with Gasteiger partial charge in [0.15, 0.2) is 0 Å². The van der Waals surface area contributed by atoms with Crippen LogP contribution in [0.15, 0.2) is 12.5 Å². The Morgan fingerprint density at radius 2 is 2.06 bits per heavy atom. The molecular formula is C11H18N4S. The van der Waals surface area contributed by atoms with Crippen LogP contribution in [0.3, 0.4) is 0 Å². The summed E-state index contributed by atoms with van der Waals surface area (Å²) in [6, 6.07) is 0.0237. The highest BCUT2D eigenvalue weighted by molar-refractivity contribution is 7.80. The number of imidazole rings is 1. The van der Waals surface area contributed by atoms with E-state index >= 15 is 0 Å². The summed E-state index contributed by atoms with van der Waals surface area (Å²) in [5, 5.41) is 0.